The fourth-order valence-corrected chi connectivity index (χ4v) is 4.73. The number of ether oxygens (including phenoxy) is 1. The van der Waals surface area contributed by atoms with Crippen LogP contribution in [0.5, 0.6) is 0 Å². The van der Waals surface area contributed by atoms with Crippen LogP contribution in [0.4, 0.5) is 5.00 Å². The van der Waals surface area contributed by atoms with Crippen LogP contribution in [-0.2, 0) is 22.4 Å². The van der Waals surface area contributed by atoms with Gasteiger partial charge in [0, 0.05) is 10.8 Å². The third-order valence-corrected chi connectivity index (χ3v) is 5.90. The minimum absolute atomic E-state index is 0.0549. The number of fused-ring (bicyclic) bond motifs is 1. The summed E-state index contributed by atoms with van der Waals surface area (Å²) < 4.78 is 5.24. The summed E-state index contributed by atoms with van der Waals surface area (Å²) in [5.41, 5.74) is 1.74. The first-order valence-corrected chi connectivity index (χ1v) is 9.58. The predicted octanol–water partition coefficient (Wildman–Crippen LogP) is 4.18. The van der Waals surface area contributed by atoms with Crippen molar-refractivity contribution in [3.63, 3.8) is 0 Å². The van der Waals surface area contributed by atoms with E-state index in [1.54, 1.807) is 11.3 Å². The van der Waals surface area contributed by atoms with Crippen molar-refractivity contribution in [3.05, 3.63) is 16.0 Å². The summed E-state index contributed by atoms with van der Waals surface area (Å²) in [4.78, 5) is 25.8. The zero-order valence-electron chi connectivity index (χ0n) is 13.9. The molecule has 1 fully saturated rings. The van der Waals surface area contributed by atoms with Gasteiger partial charge in [0.1, 0.15) is 5.00 Å². The van der Waals surface area contributed by atoms with E-state index in [0.29, 0.717) is 23.1 Å². The highest BCUT2D eigenvalue weighted by atomic mass is 32.1. The fourth-order valence-electron chi connectivity index (χ4n) is 3.38. The van der Waals surface area contributed by atoms with E-state index in [0.717, 1.165) is 37.7 Å². The number of esters is 1. The van der Waals surface area contributed by atoms with Crippen molar-refractivity contribution in [2.75, 3.05) is 11.9 Å². The number of carbonyl (C=O) groups is 2. The van der Waals surface area contributed by atoms with E-state index in [9.17, 15) is 9.59 Å². The van der Waals surface area contributed by atoms with Gasteiger partial charge >= 0.3 is 5.97 Å². The maximum atomic E-state index is 12.4. The van der Waals surface area contributed by atoms with Crippen LogP contribution in [0.15, 0.2) is 0 Å². The van der Waals surface area contributed by atoms with Crippen molar-refractivity contribution in [2.24, 2.45) is 11.8 Å². The van der Waals surface area contributed by atoms with E-state index in [1.807, 2.05) is 6.92 Å². The first-order chi connectivity index (χ1) is 11.1. The van der Waals surface area contributed by atoms with Crippen LogP contribution < -0.4 is 5.32 Å². The van der Waals surface area contributed by atoms with Gasteiger partial charge in [-0.25, -0.2) is 4.79 Å². The van der Waals surface area contributed by atoms with Crippen molar-refractivity contribution in [1.82, 2.24) is 0 Å². The average Bonchev–Trinajstić information content (AvgIpc) is 3.30. The summed E-state index contributed by atoms with van der Waals surface area (Å²) in [6.45, 7) is 4.39. The standard InChI is InChI=1S/C18H25NO3S/c1-3-5-11-6-9-13-14(10-11)23-17(15(13)18(21)22-4-2)19-16(20)12-7-8-12/h11-12H,3-10H2,1-2H3,(H,19,20)/t11-/m1/s1. The molecule has 3 rings (SSSR count). The van der Waals surface area contributed by atoms with Crippen LogP contribution in [-0.4, -0.2) is 18.5 Å². The van der Waals surface area contributed by atoms with Crippen LogP contribution >= 0.6 is 11.3 Å². The van der Waals surface area contributed by atoms with Gasteiger partial charge in [0.25, 0.3) is 0 Å². The summed E-state index contributed by atoms with van der Waals surface area (Å²) in [7, 11) is 0. The second-order valence-electron chi connectivity index (χ2n) is 6.59. The van der Waals surface area contributed by atoms with Crippen molar-refractivity contribution in [3.8, 4) is 0 Å². The van der Waals surface area contributed by atoms with Crippen LogP contribution in [0.3, 0.4) is 0 Å². The number of rotatable bonds is 6. The maximum Gasteiger partial charge on any atom is 0.341 e. The van der Waals surface area contributed by atoms with E-state index in [1.165, 1.54) is 17.7 Å². The molecule has 1 N–H and O–H groups in total. The van der Waals surface area contributed by atoms with Crippen molar-refractivity contribution < 1.29 is 14.3 Å². The molecule has 1 aromatic heterocycles. The number of nitrogens with one attached hydrogen (secondary N) is 1. The van der Waals surface area contributed by atoms with Gasteiger partial charge in [-0.05, 0) is 50.5 Å². The number of hydrogen-bond donors (Lipinski definition) is 1. The normalized spacial score (nSPS) is 20.0. The van der Waals surface area contributed by atoms with E-state index >= 15 is 0 Å². The number of amides is 1. The molecule has 1 aromatic rings. The summed E-state index contributed by atoms with van der Waals surface area (Å²) in [5, 5.41) is 3.71. The Kier molecular flexibility index (Phi) is 5.05. The molecule has 23 heavy (non-hydrogen) atoms. The Balaban J connectivity index is 1.87. The van der Waals surface area contributed by atoms with E-state index in [2.05, 4.69) is 12.2 Å². The lowest BCUT2D eigenvalue weighted by molar-refractivity contribution is -0.117. The molecule has 0 unspecified atom stereocenters. The van der Waals surface area contributed by atoms with Crippen molar-refractivity contribution in [1.29, 1.82) is 0 Å². The molecule has 0 spiro atoms. The number of anilines is 1. The van der Waals surface area contributed by atoms with Crippen LogP contribution in [0.2, 0.25) is 0 Å². The number of carbonyl (C=O) groups excluding carboxylic acids is 2. The minimum atomic E-state index is -0.287. The fraction of sp³-hybridized carbons (Fsp3) is 0.667. The zero-order valence-corrected chi connectivity index (χ0v) is 14.8. The van der Waals surface area contributed by atoms with E-state index < -0.39 is 0 Å². The van der Waals surface area contributed by atoms with Gasteiger partial charge < -0.3 is 10.1 Å². The summed E-state index contributed by atoms with van der Waals surface area (Å²) in [5.74, 6) is 0.606. The second kappa shape index (κ2) is 7.04. The maximum absolute atomic E-state index is 12.4. The summed E-state index contributed by atoms with van der Waals surface area (Å²) in [6, 6.07) is 0. The van der Waals surface area contributed by atoms with Gasteiger partial charge in [0.15, 0.2) is 0 Å². The molecule has 0 radical (unpaired) electrons. The average molecular weight is 335 g/mol. The molecule has 4 nitrogen and oxygen atoms in total. The number of thiophene rings is 1. The Morgan fingerprint density at radius 1 is 1.26 bits per heavy atom. The quantitative estimate of drug-likeness (QED) is 0.794. The van der Waals surface area contributed by atoms with Crippen LogP contribution in [0, 0.1) is 11.8 Å². The molecule has 0 saturated heterocycles. The highest BCUT2D eigenvalue weighted by molar-refractivity contribution is 7.17. The molecule has 1 atom stereocenters. The van der Waals surface area contributed by atoms with Gasteiger partial charge in [-0.2, -0.15) is 0 Å². The lowest BCUT2D eigenvalue weighted by Crippen LogP contribution is -2.18. The van der Waals surface area contributed by atoms with E-state index in [4.69, 9.17) is 4.74 Å². The Hall–Kier alpha value is -1.36. The van der Waals surface area contributed by atoms with Gasteiger partial charge in [-0.3, -0.25) is 4.79 Å². The molecule has 2 aliphatic rings. The summed E-state index contributed by atoms with van der Waals surface area (Å²) >= 11 is 1.59. The van der Waals surface area contributed by atoms with Crippen LogP contribution in [0.25, 0.3) is 0 Å². The molecule has 1 saturated carbocycles. The molecule has 0 aromatic carbocycles. The van der Waals surface area contributed by atoms with Crippen LogP contribution in [0.1, 0.15) is 66.8 Å². The molecular weight excluding hydrogens is 310 g/mol. The Labute approximate surface area is 141 Å². The molecule has 1 heterocycles. The lowest BCUT2D eigenvalue weighted by atomic mass is 9.84. The minimum Gasteiger partial charge on any atom is -0.462 e. The Morgan fingerprint density at radius 3 is 2.70 bits per heavy atom. The first-order valence-electron chi connectivity index (χ1n) is 8.76. The summed E-state index contributed by atoms with van der Waals surface area (Å²) in [6.07, 6.45) is 7.43. The highest BCUT2D eigenvalue weighted by Gasteiger charge is 2.34. The first kappa shape index (κ1) is 16.5. The predicted molar refractivity (Wildman–Crippen MR) is 92.1 cm³/mol. The molecule has 126 valence electrons. The smallest absolute Gasteiger partial charge is 0.341 e. The molecular formula is C18H25NO3S. The topological polar surface area (TPSA) is 55.4 Å². The molecule has 1 amide bonds. The third-order valence-electron chi connectivity index (χ3n) is 4.73. The van der Waals surface area contributed by atoms with E-state index in [-0.39, 0.29) is 17.8 Å². The third kappa shape index (κ3) is 3.60. The van der Waals surface area contributed by atoms with Gasteiger partial charge in [0.2, 0.25) is 5.91 Å². The SMILES string of the molecule is CCC[C@@H]1CCc2c(sc(NC(=O)C3CC3)c2C(=O)OCC)C1. The largest absolute Gasteiger partial charge is 0.462 e. The van der Waals surface area contributed by atoms with Gasteiger partial charge in [0.05, 0.1) is 12.2 Å². The van der Waals surface area contributed by atoms with Gasteiger partial charge in [-0.15, -0.1) is 11.3 Å². The highest BCUT2D eigenvalue weighted by Crippen LogP contribution is 2.42. The van der Waals surface area contributed by atoms with Gasteiger partial charge in [-0.1, -0.05) is 19.8 Å². The Bertz CT molecular complexity index is 604. The Morgan fingerprint density at radius 2 is 2.04 bits per heavy atom. The second-order valence-corrected chi connectivity index (χ2v) is 7.69. The molecule has 2 aliphatic carbocycles. The zero-order chi connectivity index (χ0) is 16.4. The molecule has 0 aliphatic heterocycles. The lowest BCUT2D eigenvalue weighted by Gasteiger charge is -2.21. The molecule has 0 bridgehead atoms. The molecule has 5 heteroatoms. The monoisotopic (exact) mass is 335 g/mol. The van der Waals surface area contributed by atoms with Crippen molar-refractivity contribution >= 4 is 28.2 Å². The van der Waals surface area contributed by atoms with Crippen molar-refractivity contribution in [2.45, 2.75) is 58.8 Å². The number of hydrogen-bond acceptors (Lipinski definition) is 4.